The van der Waals surface area contributed by atoms with E-state index in [1.165, 1.54) is 0 Å². The van der Waals surface area contributed by atoms with Crippen molar-refractivity contribution >= 4 is 0 Å². The minimum Gasteiger partial charge on any atom is -0.241 e. The topological polar surface area (TPSA) is 51.6 Å². The predicted molar refractivity (Wildman–Crippen MR) is 95.7 cm³/mol. The molecular formula is C19H30N4. The third-order valence-electron chi connectivity index (χ3n) is 3.55. The molecule has 4 nitrogen and oxygen atoms in total. The van der Waals surface area contributed by atoms with E-state index in [0.29, 0.717) is 0 Å². The minimum absolute atomic E-state index is 0.100. The molecule has 0 bridgehead atoms. The highest BCUT2D eigenvalue weighted by Gasteiger charge is 2.20. The Kier molecular flexibility index (Phi) is 5.98. The fourth-order valence-electron chi connectivity index (χ4n) is 1.82. The van der Waals surface area contributed by atoms with Gasteiger partial charge in [0.15, 0.2) is 0 Å². The number of nitrogens with zero attached hydrogens (tertiary/aromatic N) is 4. The van der Waals surface area contributed by atoms with Gasteiger partial charge in [0.05, 0.1) is 0 Å². The molecule has 0 unspecified atom stereocenters. The van der Waals surface area contributed by atoms with Crippen LogP contribution in [0.5, 0.6) is 0 Å². The molecule has 0 N–H and O–H groups in total. The second-order valence-electron chi connectivity index (χ2n) is 7.97. The molecule has 2 aromatic heterocycles. The molecule has 0 aliphatic heterocycles. The summed E-state index contributed by atoms with van der Waals surface area (Å²) in [6, 6.07) is 2.11. The SMILES string of the molecule is CC(C)(C)c1cc(C(C)(C)C)ncn1.Cc1ncc(C)c(C)n1. The van der Waals surface area contributed by atoms with E-state index in [9.17, 15) is 0 Å². The molecular weight excluding hydrogens is 284 g/mol. The summed E-state index contributed by atoms with van der Waals surface area (Å²) in [4.78, 5) is 16.8. The minimum atomic E-state index is 0.100. The van der Waals surface area contributed by atoms with Crippen LogP contribution in [0, 0.1) is 20.8 Å². The number of aromatic nitrogens is 4. The maximum Gasteiger partial charge on any atom is 0.125 e. The Hall–Kier alpha value is -1.84. The number of hydrogen-bond donors (Lipinski definition) is 0. The smallest absolute Gasteiger partial charge is 0.125 e. The van der Waals surface area contributed by atoms with Crippen LogP contribution in [0.15, 0.2) is 18.6 Å². The number of aryl methyl sites for hydroxylation is 3. The lowest BCUT2D eigenvalue weighted by atomic mass is 9.87. The van der Waals surface area contributed by atoms with Crippen LogP contribution in [0.3, 0.4) is 0 Å². The monoisotopic (exact) mass is 314 g/mol. The van der Waals surface area contributed by atoms with Crippen LogP contribution < -0.4 is 0 Å². The molecule has 0 saturated heterocycles. The van der Waals surface area contributed by atoms with Gasteiger partial charge in [0.25, 0.3) is 0 Å². The largest absolute Gasteiger partial charge is 0.241 e. The summed E-state index contributed by atoms with van der Waals surface area (Å²) in [7, 11) is 0. The van der Waals surface area contributed by atoms with E-state index in [0.717, 1.165) is 28.5 Å². The van der Waals surface area contributed by atoms with E-state index in [1.807, 2.05) is 27.0 Å². The molecule has 2 heterocycles. The van der Waals surface area contributed by atoms with Crippen molar-refractivity contribution in [3.8, 4) is 0 Å². The van der Waals surface area contributed by atoms with Crippen LogP contribution in [0.1, 0.15) is 70.0 Å². The van der Waals surface area contributed by atoms with Crippen molar-refractivity contribution in [2.75, 3.05) is 0 Å². The molecule has 4 heteroatoms. The van der Waals surface area contributed by atoms with Gasteiger partial charge >= 0.3 is 0 Å². The van der Waals surface area contributed by atoms with Crippen LogP contribution in [0.2, 0.25) is 0 Å². The first-order valence-corrected chi connectivity index (χ1v) is 8.01. The van der Waals surface area contributed by atoms with Crippen LogP contribution in [-0.4, -0.2) is 19.9 Å². The zero-order valence-corrected chi connectivity index (χ0v) is 16.0. The third kappa shape index (κ3) is 6.05. The highest BCUT2D eigenvalue weighted by molar-refractivity contribution is 5.20. The summed E-state index contributed by atoms with van der Waals surface area (Å²) in [5.74, 6) is 0.845. The van der Waals surface area contributed by atoms with Crippen molar-refractivity contribution in [1.82, 2.24) is 19.9 Å². The Morgan fingerprint density at radius 2 is 1.22 bits per heavy atom. The molecule has 0 amide bonds. The zero-order chi connectivity index (χ0) is 17.8. The molecule has 0 aliphatic carbocycles. The van der Waals surface area contributed by atoms with Crippen molar-refractivity contribution in [3.63, 3.8) is 0 Å². The highest BCUT2D eigenvalue weighted by Crippen LogP contribution is 2.25. The van der Waals surface area contributed by atoms with Gasteiger partial charge in [-0.1, -0.05) is 41.5 Å². The van der Waals surface area contributed by atoms with Gasteiger partial charge in [0.2, 0.25) is 0 Å². The van der Waals surface area contributed by atoms with Crippen molar-refractivity contribution in [1.29, 1.82) is 0 Å². The summed E-state index contributed by atoms with van der Waals surface area (Å²) in [5.41, 5.74) is 4.64. The van der Waals surface area contributed by atoms with Gasteiger partial charge in [-0.25, -0.2) is 19.9 Å². The van der Waals surface area contributed by atoms with Gasteiger partial charge in [-0.2, -0.15) is 0 Å². The van der Waals surface area contributed by atoms with Gasteiger partial charge < -0.3 is 0 Å². The van der Waals surface area contributed by atoms with Gasteiger partial charge in [0, 0.05) is 34.1 Å². The van der Waals surface area contributed by atoms with Gasteiger partial charge in [-0.05, 0) is 32.4 Å². The Morgan fingerprint density at radius 3 is 1.57 bits per heavy atom. The lowest BCUT2D eigenvalue weighted by Crippen LogP contribution is -2.19. The van der Waals surface area contributed by atoms with Crippen LogP contribution in [-0.2, 0) is 10.8 Å². The van der Waals surface area contributed by atoms with Gasteiger partial charge in [0.1, 0.15) is 12.2 Å². The average Bonchev–Trinajstić information content (AvgIpc) is 2.42. The van der Waals surface area contributed by atoms with E-state index >= 15 is 0 Å². The lowest BCUT2D eigenvalue weighted by molar-refractivity contribution is 0.537. The second kappa shape index (κ2) is 7.16. The molecule has 0 saturated carbocycles. The Bertz CT molecular complexity index is 620. The number of rotatable bonds is 0. The van der Waals surface area contributed by atoms with Crippen molar-refractivity contribution in [2.24, 2.45) is 0 Å². The van der Waals surface area contributed by atoms with Gasteiger partial charge in [-0.15, -0.1) is 0 Å². The molecule has 126 valence electrons. The molecule has 2 aromatic rings. The average molecular weight is 314 g/mol. The molecule has 2 rings (SSSR count). The van der Waals surface area contributed by atoms with Crippen LogP contribution in [0.4, 0.5) is 0 Å². The van der Waals surface area contributed by atoms with E-state index in [4.69, 9.17) is 0 Å². The Labute approximate surface area is 140 Å². The Balaban J connectivity index is 0.000000253. The quantitative estimate of drug-likeness (QED) is 0.719. The standard InChI is InChI=1S/C12H20N2.C7H10N2/c1-11(2,3)9-7-10(12(4,5)6)14-8-13-9;1-5-4-8-7(3)9-6(5)2/h7-8H,1-6H3;4H,1-3H3. The molecule has 23 heavy (non-hydrogen) atoms. The summed E-state index contributed by atoms with van der Waals surface area (Å²) >= 11 is 0. The second-order valence-corrected chi connectivity index (χ2v) is 7.97. The molecule has 0 atom stereocenters. The maximum atomic E-state index is 4.31. The maximum absolute atomic E-state index is 4.31. The van der Waals surface area contributed by atoms with E-state index < -0.39 is 0 Å². The normalized spacial score (nSPS) is 11.7. The van der Waals surface area contributed by atoms with Crippen molar-refractivity contribution in [2.45, 2.75) is 73.1 Å². The van der Waals surface area contributed by atoms with E-state index in [2.05, 4.69) is 67.5 Å². The lowest BCUT2D eigenvalue weighted by Gasteiger charge is -2.22. The molecule has 0 spiro atoms. The molecule has 0 aliphatic rings. The summed E-state index contributed by atoms with van der Waals surface area (Å²) in [6.45, 7) is 18.9. The summed E-state index contributed by atoms with van der Waals surface area (Å²) < 4.78 is 0. The summed E-state index contributed by atoms with van der Waals surface area (Å²) in [6.07, 6.45) is 3.51. The van der Waals surface area contributed by atoms with Crippen LogP contribution >= 0.6 is 0 Å². The zero-order valence-electron chi connectivity index (χ0n) is 16.0. The number of hydrogen-bond acceptors (Lipinski definition) is 4. The first kappa shape index (κ1) is 19.2. The molecule has 0 fully saturated rings. The summed E-state index contributed by atoms with van der Waals surface area (Å²) in [5, 5.41) is 0. The fraction of sp³-hybridized carbons (Fsp3) is 0.579. The van der Waals surface area contributed by atoms with E-state index in [1.54, 1.807) is 6.33 Å². The Morgan fingerprint density at radius 1 is 0.739 bits per heavy atom. The first-order chi connectivity index (χ1) is 10.4. The fourth-order valence-corrected chi connectivity index (χ4v) is 1.82. The first-order valence-electron chi connectivity index (χ1n) is 8.01. The van der Waals surface area contributed by atoms with E-state index in [-0.39, 0.29) is 10.8 Å². The molecule has 0 radical (unpaired) electrons. The third-order valence-corrected chi connectivity index (χ3v) is 3.55. The predicted octanol–water partition coefficient (Wildman–Crippen LogP) is 4.47. The van der Waals surface area contributed by atoms with Gasteiger partial charge in [-0.3, -0.25) is 0 Å². The highest BCUT2D eigenvalue weighted by atomic mass is 14.9. The molecule has 0 aromatic carbocycles. The van der Waals surface area contributed by atoms with Crippen molar-refractivity contribution in [3.05, 3.63) is 47.1 Å². The van der Waals surface area contributed by atoms with Crippen LogP contribution in [0.25, 0.3) is 0 Å². The van der Waals surface area contributed by atoms with Crippen molar-refractivity contribution < 1.29 is 0 Å².